The Morgan fingerprint density at radius 2 is 2.29 bits per heavy atom. The van der Waals surface area contributed by atoms with E-state index in [1.807, 2.05) is 4.90 Å². The van der Waals surface area contributed by atoms with Crippen LogP contribution in [0.3, 0.4) is 0 Å². The first-order chi connectivity index (χ1) is 7.58. The normalized spacial score (nSPS) is 19.9. The van der Waals surface area contributed by atoms with Crippen molar-refractivity contribution in [3.8, 4) is 0 Å². The monoisotopic (exact) mass is 314 g/mol. The molecule has 0 spiro atoms. The van der Waals surface area contributed by atoms with Crippen LogP contribution < -0.4 is 5.32 Å². The van der Waals surface area contributed by atoms with E-state index in [2.05, 4.69) is 12.2 Å². The van der Waals surface area contributed by atoms with Gasteiger partial charge in [0.1, 0.15) is 4.34 Å². The molecular weight excluding hydrogens is 303 g/mol. The van der Waals surface area contributed by atoms with Gasteiger partial charge in [0, 0.05) is 25.7 Å². The average Bonchev–Trinajstić information content (AvgIpc) is 2.57. The van der Waals surface area contributed by atoms with Gasteiger partial charge in [0.15, 0.2) is 0 Å². The SMILES string of the molecule is C[C@@H]1CN(C(=O)c2cc(Cl)sc2Cl)CCN1.Cl. The lowest BCUT2D eigenvalue weighted by Gasteiger charge is -2.31. The first-order valence-corrected chi connectivity index (χ1v) is 6.62. The van der Waals surface area contributed by atoms with E-state index in [1.165, 1.54) is 11.3 Å². The molecule has 1 aliphatic heterocycles. The number of nitrogens with zero attached hydrogens (tertiary/aromatic N) is 1. The van der Waals surface area contributed by atoms with Gasteiger partial charge >= 0.3 is 0 Å². The molecule has 1 N–H and O–H groups in total. The van der Waals surface area contributed by atoms with Crippen molar-refractivity contribution in [3.05, 3.63) is 20.3 Å². The van der Waals surface area contributed by atoms with E-state index >= 15 is 0 Å². The Kier molecular flexibility index (Phi) is 5.54. The second-order valence-corrected chi connectivity index (χ2v) is 6.13. The predicted molar refractivity (Wildman–Crippen MR) is 75.0 cm³/mol. The van der Waals surface area contributed by atoms with Crippen LogP contribution >= 0.6 is 46.9 Å². The largest absolute Gasteiger partial charge is 0.336 e. The molecule has 0 unspecified atom stereocenters. The first-order valence-electron chi connectivity index (χ1n) is 5.05. The Bertz CT molecular complexity index is 410. The maximum atomic E-state index is 12.1. The fraction of sp³-hybridized carbons (Fsp3) is 0.500. The molecule has 17 heavy (non-hydrogen) atoms. The number of halogens is 3. The van der Waals surface area contributed by atoms with E-state index in [9.17, 15) is 4.79 Å². The summed E-state index contributed by atoms with van der Waals surface area (Å²) >= 11 is 13.0. The lowest BCUT2D eigenvalue weighted by molar-refractivity contribution is 0.0710. The molecule has 0 aromatic carbocycles. The summed E-state index contributed by atoms with van der Waals surface area (Å²) in [5.74, 6) is -0.0264. The molecule has 1 aliphatic rings. The van der Waals surface area contributed by atoms with Crippen LogP contribution in [0.1, 0.15) is 17.3 Å². The molecule has 1 fully saturated rings. The van der Waals surface area contributed by atoms with Crippen LogP contribution in [0.15, 0.2) is 6.07 Å². The summed E-state index contributed by atoms with van der Waals surface area (Å²) in [6, 6.07) is 1.97. The topological polar surface area (TPSA) is 32.3 Å². The molecule has 1 amide bonds. The third-order valence-corrected chi connectivity index (χ3v) is 4.03. The highest BCUT2D eigenvalue weighted by molar-refractivity contribution is 7.20. The van der Waals surface area contributed by atoms with Crippen molar-refractivity contribution in [1.29, 1.82) is 0 Å². The number of hydrogen-bond donors (Lipinski definition) is 1. The maximum Gasteiger partial charge on any atom is 0.256 e. The standard InChI is InChI=1S/C10H12Cl2N2OS.ClH/c1-6-5-14(3-2-13-6)10(15)7-4-8(11)16-9(7)12;/h4,6,13H,2-3,5H2,1H3;1H/t6-;/m1./s1. The van der Waals surface area contributed by atoms with Crippen molar-refractivity contribution < 1.29 is 4.79 Å². The molecule has 3 nitrogen and oxygen atoms in total. The summed E-state index contributed by atoms with van der Waals surface area (Å²) in [6.07, 6.45) is 0. The van der Waals surface area contributed by atoms with Crippen molar-refractivity contribution in [3.63, 3.8) is 0 Å². The Balaban J connectivity index is 0.00000144. The molecular formula is C10H13Cl3N2OS. The Morgan fingerprint density at radius 3 is 2.82 bits per heavy atom. The highest BCUT2D eigenvalue weighted by Gasteiger charge is 2.24. The molecule has 0 radical (unpaired) electrons. The van der Waals surface area contributed by atoms with Crippen molar-refractivity contribution in [1.82, 2.24) is 10.2 Å². The van der Waals surface area contributed by atoms with E-state index in [0.29, 0.717) is 33.4 Å². The van der Waals surface area contributed by atoms with Gasteiger partial charge in [0.05, 0.1) is 9.90 Å². The van der Waals surface area contributed by atoms with Gasteiger partial charge in [-0.05, 0) is 13.0 Å². The number of carbonyl (C=O) groups is 1. The third kappa shape index (κ3) is 3.48. The number of hydrogen-bond acceptors (Lipinski definition) is 3. The van der Waals surface area contributed by atoms with Crippen LogP contribution in [0.4, 0.5) is 0 Å². The minimum absolute atomic E-state index is 0. The Hall–Kier alpha value is -0.000000000000000167. The molecule has 1 saturated heterocycles. The van der Waals surface area contributed by atoms with Crippen molar-refractivity contribution >= 4 is 52.9 Å². The van der Waals surface area contributed by atoms with Crippen molar-refractivity contribution in [2.24, 2.45) is 0 Å². The van der Waals surface area contributed by atoms with Gasteiger partial charge in [0.25, 0.3) is 5.91 Å². The van der Waals surface area contributed by atoms with Crippen LogP contribution in [-0.4, -0.2) is 36.5 Å². The summed E-state index contributed by atoms with van der Waals surface area (Å²) in [5, 5.41) is 3.29. The zero-order chi connectivity index (χ0) is 11.7. The lowest BCUT2D eigenvalue weighted by Crippen LogP contribution is -2.51. The molecule has 2 rings (SSSR count). The van der Waals surface area contributed by atoms with Gasteiger partial charge in [-0.3, -0.25) is 4.79 Å². The number of amides is 1. The van der Waals surface area contributed by atoms with Gasteiger partial charge in [-0.15, -0.1) is 23.7 Å². The van der Waals surface area contributed by atoms with Crippen LogP contribution in [0.2, 0.25) is 8.67 Å². The second kappa shape index (κ2) is 6.25. The molecule has 1 atom stereocenters. The highest BCUT2D eigenvalue weighted by Crippen LogP contribution is 2.32. The third-order valence-electron chi connectivity index (χ3n) is 2.54. The molecule has 2 heterocycles. The first kappa shape index (κ1) is 15.1. The number of rotatable bonds is 1. The van der Waals surface area contributed by atoms with Crippen LogP contribution in [0, 0.1) is 0 Å². The summed E-state index contributed by atoms with van der Waals surface area (Å²) in [5.41, 5.74) is 0.519. The van der Waals surface area contributed by atoms with Gasteiger partial charge in [-0.25, -0.2) is 0 Å². The number of carbonyl (C=O) groups excluding carboxylic acids is 1. The summed E-state index contributed by atoms with van der Waals surface area (Å²) < 4.78 is 1.03. The van der Waals surface area contributed by atoms with Crippen molar-refractivity contribution in [2.45, 2.75) is 13.0 Å². The molecule has 1 aromatic heterocycles. The van der Waals surface area contributed by atoms with Crippen molar-refractivity contribution in [2.75, 3.05) is 19.6 Å². The Labute approximate surface area is 120 Å². The van der Waals surface area contributed by atoms with E-state index in [1.54, 1.807) is 6.07 Å². The van der Waals surface area contributed by atoms with E-state index in [0.717, 1.165) is 6.54 Å². The van der Waals surface area contributed by atoms with Crippen LogP contribution in [-0.2, 0) is 0 Å². The summed E-state index contributed by atoms with van der Waals surface area (Å²) in [7, 11) is 0. The van der Waals surface area contributed by atoms with E-state index in [-0.39, 0.29) is 18.3 Å². The second-order valence-electron chi connectivity index (χ2n) is 3.84. The summed E-state index contributed by atoms with van der Waals surface area (Å²) in [4.78, 5) is 14.0. The lowest BCUT2D eigenvalue weighted by atomic mass is 10.2. The predicted octanol–water partition coefficient (Wildman–Crippen LogP) is 2.91. The molecule has 1 aromatic rings. The molecule has 0 saturated carbocycles. The molecule has 7 heteroatoms. The average molecular weight is 316 g/mol. The molecule has 0 aliphatic carbocycles. The van der Waals surface area contributed by atoms with Gasteiger partial charge in [0.2, 0.25) is 0 Å². The number of thiophene rings is 1. The maximum absolute atomic E-state index is 12.1. The highest BCUT2D eigenvalue weighted by atomic mass is 35.5. The van der Waals surface area contributed by atoms with E-state index in [4.69, 9.17) is 23.2 Å². The minimum Gasteiger partial charge on any atom is -0.336 e. The number of nitrogens with one attached hydrogen (secondary N) is 1. The van der Waals surface area contributed by atoms with E-state index < -0.39 is 0 Å². The zero-order valence-corrected chi connectivity index (χ0v) is 12.3. The fourth-order valence-electron chi connectivity index (χ4n) is 1.77. The summed E-state index contributed by atoms with van der Waals surface area (Å²) in [6.45, 7) is 4.31. The van der Waals surface area contributed by atoms with Crippen LogP contribution in [0.5, 0.6) is 0 Å². The smallest absolute Gasteiger partial charge is 0.256 e. The zero-order valence-electron chi connectivity index (χ0n) is 9.20. The van der Waals surface area contributed by atoms with Gasteiger partial charge in [-0.1, -0.05) is 23.2 Å². The minimum atomic E-state index is -0.0264. The van der Waals surface area contributed by atoms with Crippen LogP contribution in [0.25, 0.3) is 0 Å². The molecule has 96 valence electrons. The fourth-order valence-corrected chi connectivity index (χ4v) is 3.22. The Morgan fingerprint density at radius 1 is 1.59 bits per heavy atom. The van der Waals surface area contributed by atoms with Gasteiger partial charge < -0.3 is 10.2 Å². The van der Waals surface area contributed by atoms with Gasteiger partial charge in [-0.2, -0.15) is 0 Å². The number of piperazine rings is 1. The quantitative estimate of drug-likeness (QED) is 0.864. The molecule has 0 bridgehead atoms.